The van der Waals surface area contributed by atoms with Crippen molar-refractivity contribution < 1.29 is 31.5 Å². The molecule has 192 valence electrons. The first kappa shape index (κ1) is 27.6. The summed E-state index contributed by atoms with van der Waals surface area (Å²) >= 11 is 12.4. The fourth-order valence-electron chi connectivity index (χ4n) is 3.30. The van der Waals surface area contributed by atoms with E-state index >= 15 is 0 Å². The van der Waals surface area contributed by atoms with Gasteiger partial charge in [0.2, 0.25) is 0 Å². The fourth-order valence-corrected chi connectivity index (χ4v) is 5.62. The third-order valence-electron chi connectivity index (χ3n) is 4.80. The maximum absolute atomic E-state index is 15.0. The molecule has 1 heterocycles. The highest BCUT2D eigenvalue weighted by Gasteiger charge is 2.36. The maximum atomic E-state index is 15.0. The third-order valence-corrected chi connectivity index (χ3v) is 7.47. The zero-order valence-corrected chi connectivity index (χ0v) is 21.9. The highest BCUT2D eigenvalue weighted by atomic mass is 35.5. The van der Waals surface area contributed by atoms with Gasteiger partial charge in [0.05, 0.1) is 22.1 Å². The molecule has 0 spiro atoms. The van der Waals surface area contributed by atoms with Crippen LogP contribution in [0.5, 0.6) is 5.75 Å². The zero-order chi connectivity index (χ0) is 26.8. The predicted molar refractivity (Wildman–Crippen MR) is 132 cm³/mol. The summed E-state index contributed by atoms with van der Waals surface area (Å²) in [6, 6.07) is 7.27. The number of amides is 1. The van der Waals surface area contributed by atoms with E-state index in [1.54, 1.807) is 20.8 Å². The molecular formula is C24H22Cl2F2N2O5S. The molecule has 1 amide bonds. The Hall–Kier alpha value is -2.95. The van der Waals surface area contributed by atoms with Crippen LogP contribution in [-0.4, -0.2) is 32.2 Å². The number of aromatic nitrogens is 1. The number of anilines is 1. The molecule has 2 aromatic carbocycles. The molecule has 12 heteroatoms. The van der Waals surface area contributed by atoms with Crippen LogP contribution in [0.2, 0.25) is 10.0 Å². The summed E-state index contributed by atoms with van der Waals surface area (Å²) < 4.78 is 67.2. The Morgan fingerprint density at radius 1 is 1.03 bits per heavy atom. The molecule has 0 fully saturated rings. The van der Waals surface area contributed by atoms with Crippen molar-refractivity contribution in [3.05, 3.63) is 81.5 Å². The van der Waals surface area contributed by atoms with Crippen molar-refractivity contribution in [1.82, 2.24) is 4.98 Å². The van der Waals surface area contributed by atoms with Gasteiger partial charge in [0, 0.05) is 17.8 Å². The first-order chi connectivity index (χ1) is 16.7. The molecule has 3 aromatic rings. The number of methoxy groups -OCH3 is 1. The van der Waals surface area contributed by atoms with E-state index in [0.29, 0.717) is 0 Å². The van der Waals surface area contributed by atoms with Crippen molar-refractivity contribution in [2.75, 3.05) is 12.4 Å². The number of carbonyl (C=O) groups is 1. The Kier molecular flexibility index (Phi) is 8.12. The number of nitrogens with one attached hydrogen (secondary N) is 1. The van der Waals surface area contributed by atoms with Gasteiger partial charge in [-0.25, -0.2) is 27.0 Å². The average Bonchev–Trinajstić information content (AvgIpc) is 2.77. The van der Waals surface area contributed by atoms with Gasteiger partial charge in [-0.1, -0.05) is 23.2 Å². The lowest BCUT2D eigenvalue weighted by molar-refractivity contribution is 0.0635. The van der Waals surface area contributed by atoms with E-state index in [2.05, 4.69) is 10.3 Å². The minimum atomic E-state index is -4.49. The summed E-state index contributed by atoms with van der Waals surface area (Å²) in [4.78, 5) is 15.9. The van der Waals surface area contributed by atoms with E-state index in [1.165, 1.54) is 19.2 Å². The molecule has 0 bridgehead atoms. The van der Waals surface area contributed by atoms with Crippen LogP contribution in [0.4, 0.5) is 19.4 Å². The number of rotatable bonds is 6. The molecular weight excluding hydrogens is 537 g/mol. The monoisotopic (exact) mass is 558 g/mol. The second-order valence-electron chi connectivity index (χ2n) is 8.61. The molecule has 36 heavy (non-hydrogen) atoms. The summed E-state index contributed by atoms with van der Waals surface area (Å²) in [5.41, 5.74) is -1.47. The second kappa shape index (κ2) is 10.6. The van der Waals surface area contributed by atoms with Crippen LogP contribution >= 0.6 is 23.2 Å². The van der Waals surface area contributed by atoms with Gasteiger partial charge in [-0.2, -0.15) is 0 Å². The van der Waals surface area contributed by atoms with E-state index in [-0.39, 0.29) is 32.1 Å². The Bertz CT molecular complexity index is 1410. The molecule has 7 nitrogen and oxygen atoms in total. The van der Waals surface area contributed by atoms with E-state index in [9.17, 15) is 22.0 Å². The molecule has 1 atom stereocenters. The summed E-state index contributed by atoms with van der Waals surface area (Å²) in [5.74, 6) is -1.91. The van der Waals surface area contributed by atoms with Crippen molar-refractivity contribution in [3.8, 4) is 5.75 Å². The number of ether oxygens (including phenoxy) is 2. The van der Waals surface area contributed by atoms with Crippen LogP contribution in [-0.2, 0) is 14.6 Å². The van der Waals surface area contributed by atoms with E-state index in [4.69, 9.17) is 32.7 Å². The Morgan fingerprint density at radius 2 is 1.72 bits per heavy atom. The maximum Gasteiger partial charge on any atom is 0.413 e. The molecule has 3 rings (SSSR count). The Morgan fingerprint density at radius 3 is 2.36 bits per heavy atom. The van der Waals surface area contributed by atoms with Gasteiger partial charge in [-0.05, 0) is 62.7 Å². The molecule has 0 aliphatic carbocycles. The molecule has 1 unspecified atom stereocenters. The van der Waals surface area contributed by atoms with E-state index in [0.717, 1.165) is 36.5 Å². The van der Waals surface area contributed by atoms with Crippen LogP contribution in [0.25, 0.3) is 0 Å². The second-order valence-corrected chi connectivity index (χ2v) is 11.5. The van der Waals surface area contributed by atoms with Gasteiger partial charge >= 0.3 is 6.09 Å². The van der Waals surface area contributed by atoms with Crippen LogP contribution in [0, 0.1) is 11.6 Å². The molecule has 0 saturated heterocycles. The number of benzene rings is 2. The normalized spacial score (nSPS) is 12.7. The van der Waals surface area contributed by atoms with Crippen molar-refractivity contribution in [2.24, 2.45) is 0 Å². The Balaban J connectivity index is 2.22. The highest BCUT2D eigenvalue weighted by Crippen LogP contribution is 2.41. The van der Waals surface area contributed by atoms with Crippen LogP contribution in [0.15, 0.2) is 53.6 Å². The van der Waals surface area contributed by atoms with Crippen molar-refractivity contribution in [3.63, 3.8) is 0 Å². The number of pyridine rings is 1. The number of sulfone groups is 1. The SMILES string of the molecule is COc1cc(S(=O)(=O)C(c2cc(F)ccc2F)c2cc(NC(=O)OC(C)(C)C)ncc2Cl)ccc1Cl. The molecule has 0 aliphatic rings. The molecule has 0 aliphatic heterocycles. The highest BCUT2D eigenvalue weighted by molar-refractivity contribution is 7.92. The van der Waals surface area contributed by atoms with Crippen molar-refractivity contribution in [1.29, 1.82) is 0 Å². The number of hydrogen-bond acceptors (Lipinski definition) is 6. The first-order valence-electron chi connectivity index (χ1n) is 10.4. The van der Waals surface area contributed by atoms with Gasteiger partial charge in [-0.15, -0.1) is 0 Å². The topological polar surface area (TPSA) is 94.6 Å². The third kappa shape index (κ3) is 6.24. The minimum absolute atomic E-state index is 0.0595. The lowest BCUT2D eigenvalue weighted by atomic mass is 10.0. The van der Waals surface area contributed by atoms with Gasteiger partial charge < -0.3 is 9.47 Å². The van der Waals surface area contributed by atoms with Crippen molar-refractivity contribution >= 4 is 45.0 Å². The average molecular weight is 559 g/mol. The van der Waals surface area contributed by atoms with Crippen LogP contribution in [0.3, 0.4) is 0 Å². The smallest absolute Gasteiger partial charge is 0.413 e. The van der Waals surface area contributed by atoms with Crippen LogP contribution < -0.4 is 10.1 Å². The largest absolute Gasteiger partial charge is 0.495 e. The van der Waals surface area contributed by atoms with Gasteiger partial charge in [0.15, 0.2) is 9.84 Å². The number of hydrogen-bond donors (Lipinski definition) is 1. The van der Waals surface area contributed by atoms with Gasteiger partial charge in [0.25, 0.3) is 0 Å². The summed E-state index contributed by atoms with van der Waals surface area (Å²) in [6.45, 7) is 4.97. The van der Waals surface area contributed by atoms with Crippen LogP contribution in [0.1, 0.15) is 37.1 Å². The van der Waals surface area contributed by atoms with E-state index in [1.807, 2.05) is 0 Å². The van der Waals surface area contributed by atoms with Gasteiger partial charge in [0.1, 0.15) is 34.1 Å². The minimum Gasteiger partial charge on any atom is -0.495 e. The quantitative estimate of drug-likeness (QED) is 0.367. The summed E-state index contributed by atoms with van der Waals surface area (Å²) in [6.07, 6.45) is 0.230. The number of carbonyl (C=O) groups excluding carboxylic acids is 1. The van der Waals surface area contributed by atoms with Crippen molar-refractivity contribution in [2.45, 2.75) is 36.5 Å². The zero-order valence-electron chi connectivity index (χ0n) is 19.6. The fraction of sp³-hybridized carbons (Fsp3) is 0.250. The van der Waals surface area contributed by atoms with E-state index < -0.39 is 44.0 Å². The molecule has 1 aromatic heterocycles. The molecule has 0 radical (unpaired) electrons. The molecule has 1 N–H and O–H groups in total. The number of nitrogens with zero attached hydrogens (tertiary/aromatic N) is 1. The number of halogens is 4. The lowest BCUT2D eigenvalue weighted by Gasteiger charge is -2.22. The summed E-state index contributed by atoms with van der Waals surface area (Å²) in [5, 5.41) is 0.544. The first-order valence-corrected chi connectivity index (χ1v) is 12.7. The Labute approximate surface area is 217 Å². The lowest BCUT2D eigenvalue weighted by Crippen LogP contribution is -2.27. The van der Waals surface area contributed by atoms with Gasteiger partial charge in [-0.3, -0.25) is 5.32 Å². The summed E-state index contributed by atoms with van der Waals surface area (Å²) in [7, 11) is -3.19. The molecule has 0 saturated carbocycles. The standard InChI is InChI=1S/C24H22Cl2F2N2O5S/c1-24(2,3)35-23(31)30-21-11-15(18(26)12-29-21)22(16-9-13(27)5-8-19(16)28)36(32,33)14-6-7-17(25)20(10-14)34-4/h5-12,22H,1-4H3,(H,29,30,31). The predicted octanol–water partition coefficient (Wildman–Crippen LogP) is 6.59.